The van der Waals surface area contributed by atoms with Gasteiger partial charge in [0.05, 0.1) is 29.3 Å². The smallest absolute Gasteiger partial charge is 0.350 e. The molecule has 266 valence electrons. The van der Waals surface area contributed by atoms with Gasteiger partial charge in [0.25, 0.3) is 5.91 Å². The van der Waals surface area contributed by atoms with Crippen LogP contribution >= 0.6 is 0 Å². The number of nitrogens with zero attached hydrogens (tertiary/aromatic N) is 2. The molecular formula is C34H35F9N4O2. The molecule has 0 radical (unpaired) electrons. The first kappa shape index (κ1) is 37.7. The van der Waals surface area contributed by atoms with Crippen LogP contribution in [0.15, 0.2) is 72.8 Å². The molecule has 1 saturated heterocycles. The lowest BCUT2D eigenvalue weighted by Gasteiger charge is -2.34. The zero-order valence-electron chi connectivity index (χ0n) is 26.4. The van der Waals surface area contributed by atoms with Crippen LogP contribution < -0.4 is 10.6 Å². The minimum atomic E-state index is -5.18. The molecule has 2 N–H and O–H groups in total. The second-order valence-electron chi connectivity index (χ2n) is 11.7. The van der Waals surface area contributed by atoms with Crippen molar-refractivity contribution in [2.24, 2.45) is 0 Å². The van der Waals surface area contributed by atoms with E-state index < -0.39 is 65.2 Å². The Bertz CT molecular complexity index is 1520. The number of rotatable bonds is 11. The van der Waals surface area contributed by atoms with E-state index in [9.17, 15) is 49.1 Å². The zero-order chi connectivity index (χ0) is 36.0. The van der Waals surface area contributed by atoms with Gasteiger partial charge in [0.15, 0.2) is 0 Å². The highest BCUT2D eigenvalue weighted by molar-refractivity contribution is 5.94. The highest BCUT2D eigenvalue weighted by Crippen LogP contribution is 2.36. The Hall–Kier alpha value is -4.11. The number of hydrogen-bond acceptors (Lipinski definition) is 4. The molecule has 0 saturated carbocycles. The van der Waals surface area contributed by atoms with Crippen LogP contribution in [0.5, 0.6) is 0 Å². The largest absolute Gasteiger partial charge is 0.416 e. The monoisotopic (exact) mass is 702 g/mol. The normalized spacial score (nSPS) is 15.6. The van der Waals surface area contributed by atoms with Gasteiger partial charge >= 0.3 is 18.5 Å². The first-order valence-corrected chi connectivity index (χ1v) is 15.5. The van der Waals surface area contributed by atoms with Gasteiger partial charge in [-0.05, 0) is 74.3 Å². The molecule has 1 aliphatic heterocycles. The first-order valence-electron chi connectivity index (χ1n) is 15.5. The summed E-state index contributed by atoms with van der Waals surface area (Å²) >= 11 is 0. The topological polar surface area (TPSA) is 64.7 Å². The van der Waals surface area contributed by atoms with Crippen molar-refractivity contribution in [2.45, 2.75) is 56.9 Å². The Morgan fingerprint density at radius 2 is 1.35 bits per heavy atom. The number of amides is 2. The molecule has 15 heteroatoms. The molecule has 0 bridgehead atoms. The van der Waals surface area contributed by atoms with Crippen molar-refractivity contribution in [1.29, 1.82) is 0 Å². The minimum Gasteiger partial charge on any atom is -0.350 e. The van der Waals surface area contributed by atoms with Crippen LogP contribution in [0, 0.1) is 0 Å². The number of likely N-dealkylation sites (N-methyl/N-ethyl adjacent to an activating group) is 1. The summed E-state index contributed by atoms with van der Waals surface area (Å²) in [5, 5.41) is 5.50. The predicted molar refractivity (Wildman–Crippen MR) is 163 cm³/mol. The molecule has 1 heterocycles. The number of likely N-dealkylation sites (tertiary alicyclic amines) is 1. The molecule has 0 aromatic heterocycles. The Labute approximate surface area is 277 Å². The lowest BCUT2D eigenvalue weighted by atomic mass is 10.0. The standard InChI is InChI=1S/C34H35F9N4O2/c1-2-47(30(48)20-44-28-12-14-46(15-13-28)21-22-6-4-3-5-7-22)29(23-8-10-25(11-9-23)32(35,36)37)19-45-31(49)24-16-26(33(38,39)40)18-27(17-24)34(41,42)43/h3-11,16-18,28-29,44H,2,12-15,19-21H2,1H3,(H,45,49). The summed E-state index contributed by atoms with van der Waals surface area (Å²) in [6.07, 6.45) is -13.5. The molecule has 49 heavy (non-hydrogen) atoms. The van der Waals surface area contributed by atoms with E-state index in [1.165, 1.54) is 10.5 Å². The van der Waals surface area contributed by atoms with Gasteiger partial charge in [0.1, 0.15) is 0 Å². The van der Waals surface area contributed by atoms with Gasteiger partial charge < -0.3 is 15.5 Å². The molecule has 3 aromatic carbocycles. The summed E-state index contributed by atoms with van der Waals surface area (Å²) in [5.41, 5.74) is -3.93. The SMILES string of the molecule is CCN(C(=O)CNC1CCN(Cc2ccccc2)CC1)C(CNC(=O)c1cc(C(F)(F)F)cc(C(F)(F)F)c1)c1ccc(C(F)(F)F)cc1. The third-order valence-electron chi connectivity index (χ3n) is 8.34. The average molecular weight is 703 g/mol. The van der Waals surface area contributed by atoms with Gasteiger partial charge in [0.2, 0.25) is 5.91 Å². The molecule has 3 aromatic rings. The molecule has 1 atom stereocenters. The Morgan fingerprint density at radius 3 is 1.86 bits per heavy atom. The highest BCUT2D eigenvalue weighted by Gasteiger charge is 2.38. The minimum absolute atomic E-state index is 0.00244. The third kappa shape index (κ3) is 10.4. The molecule has 0 aliphatic carbocycles. The van der Waals surface area contributed by atoms with Gasteiger partial charge in [0, 0.05) is 31.2 Å². The van der Waals surface area contributed by atoms with Crippen LogP contribution in [0.4, 0.5) is 39.5 Å². The maximum absolute atomic E-state index is 13.5. The fourth-order valence-electron chi connectivity index (χ4n) is 5.72. The molecule has 1 fully saturated rings. The number of nitrogens with one attached hydrogen (secondary N) is 2. The Balaban J connectivity index is 1.49. The fourth-order valence-corrected chi connectivity index (χ4v) is 5.72. The molecule has 6 nitrogen and oxygen atoms in total. The predicted octanol–water partition coefficient (Wildman–Crippen LogP) is 7.32. The van der Waals surface area contributed by atoms with Crippen molar-refractivity contribution in [2.75, 3.05) is 32.7 Å². The van der Waals surface area contributed by atoms with Gasteiger partial charge in [-0.25, -0.2) is 0 Å². The van der Waals surface area contributed by atoms with Gasteiger partial charge in [-0.2, -0.15) is 39.5 Å². The summed E-state index contributed by atoms with van der Waals surface area (Å²) in [6, 6.07) is 13.1. The van der Waals surface area contributed by atoms with E-state index in [1.807, 2.05) is 30.3 Å². The maximum atomic E-state index is 13.5. The second kappa shape index (κ2) is 15.6. The summed E-state index contributed by atoms with van der Waals surface area (Å²) in [4.78, 5) is 30.0. The number of halogens is 9. The van der Waals surface area contributed by atoms with E-state index in [0.717, 1.165) is 56.7 Å². The summed E-state index contributed by atoms with van der Waals surface area (Å²) < 4.78 is 120. The first-order chi connectivity index (χ1) is 23.0. The fraction of sp³-hybridized carbons (Fsp3) is 0.412. The Kier molecular flexibility index (Phi) is 12.0. The van der Waals surface area contributed by atoms with Crippen LogP contribution in [0.2, 0.25) is 0 Å². The van der Waals surface area contributed by atoms with Gasteiger partial charge in [-0.3, -0.25) is 14.5 Å². The van der Waals surface area contributed by atoms with Crippen LogP contribution in [-0.2, 0) is 29.9 Å². The average Bonchev–Trinajstić information content (AvgIpc) is 3.05. The summed E-state index contributed by atoms with van der Waals surface area (Å²) in [5.74, 6) is -1.76. The number of hydrogen-bond donors (Lipinski definition) is 2. The van der Waals surface area contributed by atoms with Crippen LogP contribution in [0.1, 0.15) is 64.0 Å². The lowest BCUT2D eigenvalue weighted by molar-refractivity contribution is -0.143. The number of alkyl halides is 9. The van der Waals surface area contributed by atoms with Crippen molar-refractivity contribution < 1.29 is 49.1 Å². The van der Waals surface area contributed by atoms with Crippen LogP contribution in [-0.4, -0.2) is 60.4 Å². The van der Waals surface area contributed by atoms with Crippen molar-refractivity contribution in [3.63, 3.8) is 0 Å². The second-order valence-corrected chi connectivity index (χ2v) is 11.7. The van der Waals surface area contributed by atoms with Crippen molar-refractivity contribution in [3.05, 3.63) is 106 Å². The summed E-state index contributed by atoms with van der Waals surface area (Å²) in [6.45, 7) is 3.31. The van der Waals surface area contributed by atoms with Crippen molar-refractivity contribution in [3.8, 4) is 0 Å². The zero-order valence-corrected chi connectivity index (χ0v) is 26.4. The molecule has 1 aliphatic rings. The van der Waals surface area contributed by atoms with Crippen LogP contribution in [0.3, 0.4) is 0 Å². The molecule has 0 spiro atoms. The highest BCUT2D eigenvalue weighted by atomic mass is 19.4. The van der Waals surface area contributed by atoms with Crippen LogP contribution in [0.25, 0.3) is 0 Å². The maximum Gasteiger partial charge on any atom is 0.416 e. The number of carbonyl (C=O) groups is 2. The lowest BCUT2D eigenvalue weighted by Crippen LogP contribution is -2.48. The molecule has 4 rings (SSSR count). The van der Waals surface area contributed by atoms with E-state index in [2.05, 4.69) is 15.5 Å². The quantitative estimate of drug-likeness (QED) is 0.206. The van der Waals surface area contributed by atoms with E-state index >= 15 is 0 Å². The Morgan fingerprint density at radius 1 is 0.796 bits per heavy atom. The molecule has 2 amide bonds. The number of carbonyl (C=O) groups excluding carboxylic acids is 2. The van der Waals surface area contributed by atoms with Crippen molar-refractivity contribution >= 4 is 11.8 Å². The van der Waals surface area contributed by atoms with Gasteiger partial charge in [-0.15, -0.1) is 0 Å². The van der Waals surface area contributed by atoms with E-state index in [4.69, 9.17) is 0 Å². The van der Waals surface area contributed by atoms with Crippen molar-refractivity contribution in [1.82, 2.24) is 20.4 Å². The van der Waals surface area contributed by atoms with E-state index in [-0.39, 0.29) is 42.9 Å². The van der Waals surface area contributed by atoms with E-state index in [0.29, 0.717) is 0 Å². The third-order valence-corrected chi connectivity index (χ3v) is 8.34. The number of piperidine rings is 1. The van der Waals surface area contributed by atoms with E-state index in [1.54, 1.807) is 6.92 Å². The van der Waals surface area contributed by atoms with Gasteiger partial charge in [-0.1, -0.05) is 42.5 Å². The number of benzene rings is 3. The summed E-state index contributed by atoms with van der Waals surface area (Å²) in [7, 11) is 0. The molecule has 1 unspecified atom stereocenters. The molecular weight excluding hydrogens is 667 g/mol.